The Kier molecular flexibility index (Phi) is 6.18. The van der Waals surface area contributed by atoms with E-state index in [9.17, 15) is 9.59 Å². The van der Waals surface area contributed by atoms with Gasteiger partial charge < -0.3 is 29.6 Å². The Bertz CT molecular complexity index is 1230. The van der Waals surface area contributed by atoms with E-state index < -0.39 is 11.8 Å². The Hall–Kier alpha value is -4.11. The van der Waals surface area contributed by atoms with Gasteiger partial charge >= 0.3 is 5.97 Å². The van der Waals surface area contributed by atoms with Crippen LogP contribution in [0.2, 0.25) is 0 Å². The Labute approximate surface area is 183 Å². The van der Waals surface area contributed by atoms with Crippen molar-refractivity contribution in [3.8, 4) is 5.75 Å². The monoisotopic (exact) mass is 435 g/mol. The molecule has 9 nitrogen and oxygen atoms in total. The highest BCUT2D eigenvalue weighted by atomic mass is 16.5. The zero-order valence-electron chi connectivity index (χ0n) is 17.3. The third kappa shape index (κ3) is 4.19. The molecule has 3 N–H and O–H groups in total. The summed E-state index contributed by atoms with van der Waals surface area (Å²) in [6.45, 7) is 1.68. The molecule has 4 rings (SSSR count). The molecule has 3 heterocycles. The highest BCUT2D eigenvalue weighted by Crippen LogP contribution is 2.33. The predicted molar refractivity (Wildman–Crippen MR) is 116 cm³/mol. The lowest BCUT2D eigenvalue weighted by Gasteiger charge is -2.13. The number of para-hydroxylation sites is 2. The fourth-order valence-electron chi connectivity index (χ4n) is 3.22. The maximum absolute atomic E-state index is 13.1. The Morgan fingerprint density at radius 3 is 2.94 bits per heavy atom. The number of H-pyrrole nitrogens is 1. The van der Waals surface area contributed by atoms with Gasteiger partial charge in [0, 0.05) is 23.3 Å². The van der Waals surface area contributed by atoms with Crippen LogP contribution in [-0.2, 0) is 19.1 Å². The van der Waals surface area contributed by atoms with E-state index in [-0.39, 0.29) is 37.0 Å². The average molecular weight is 435 g/mol. The number of allylic oxidation sites excluding steroid dienone is 1. The number of hydrogen-bond donors (Lipinski definition) is 3. The van der Waals surface area contributed by atoms with Gasteiger partial charge in [-0.3, -0.25) is 4.79 Å². The number of Topliss-reactive ketones (excluding diaryl/α,β-unsaturated/α-hetero) is 1. The summed E-state index contributed by atoms with van der Waals surface area (Å²) in [4.78, 5) is 32.9. The number of aliphatic hydroxyl groups excluding tert-OH is 1. The molecule has 1 aliphatic rings. The minimum Gasteiger partial charge on any atom is -0.489 e. The molecule has 3 aromatic rings. The van der Waals surface area contributed by atoms with Gasteiger partial charge in [-0.25, -0.2) is 9.78 Å². The molecule has 0 bridgehead atoms. The van der Waals surface area contributed by atoms with Gasteiger partial charge in [0.15, 0.2) is 11.3 Å². The van der Waals surface area contributed by atoms with Crippen molar-refractivity contribution in [2.45, 2.75) is 6.92 Å². The first-order valence-corrected chi connectivity index (χ1v) is 9.99. The van der Waals surface area contributed by atoms with Crippen LogP contribution < -0.4 is 10.1 Å². The van der Waals surface area contributed by atoms with Crippen LogP contribution in [0, 0.1) is 0 Å². The van der Waals surface area contributed by atoms with Crippen molar-refractivity contribution in [1.29, 1.82) is 0 Å². The third-order valence-corrected chi connectivity index (χ3v) is 4.62. The molecule has 0 amide bonds. The summed E-state index contributed by atoms with van der Waals surface area (Å²) in [5.41, 5.74) is 1.57. The number of benzene rings is 1. The molecule has 0 saturated heterocycles. The fourth-order valence-corrected chi connectivity index (χ4v) is 3.22. The second-order valence-electron chi connectivity index (χ2n) is 6.70. The second kappa shape index (κ2) is 9.36. The lowest BCUT2D eigenvalue weighted by molar-refractivity contribution is -0.139. The lowest BCUT2D eigenvalue weighted by Crippen LogP contribution is -2.16. The maximum atomic E-state index is 13.1. The molecule has 0 aliphatic carbocycles. The van der Waals surface area contributed by atoms with Gasteiger partial charge in [0.25, 0.3) is 0 Å². The van der Waals surface area contributed by atoms with Crippen molar-refractivity contribution in [1.82, 2.24) is 9.97 Å². The Balaban J connectivity index is 1.69. The number of carbonyl (C=O) groups is 2. The minimum atomic E-state index is -0.794. The highest BCUT2D eigenvalue weighted by molar-refractivity contribution is 6.26. The number of aliphatic hydroxyl groups is 1. The summed E-state index contributed by atoms with van der Waals surface area (Å²) in [5.74, 6) is -1.06. The van der Waals surface area contributed by atoms with Crippen molar-refractivity contribution in [3.05, 3.63) is 71.6 Å². The number of aromatic nitrogens is 2. The number of esters is 1. The van der Waals surface area contributed by atoms with Crippen LogP contribution in [0.1, 0.15) is 12.5 Å². The van der Waals surface area contributed by atoms with Gasteiger partial charge in [-0.1, -0.05) is 12.1 Å². The summed E-state index contributed by atoms with van der Waals surface area (Å²) < 4.78 is 16.4. The van der Waals surface area contributed by atoms with Gasteiger partial charge in [-0.2, -0.15) is 0 Å². The van der Waals surface area contributed by atoms with E-state index in [0.717, 1.165) is 5.39 Å². The van der Waals surface area contributed by atoms with Gasteiger partial charge in [0.1, 0.15) is 18.0 Å². The molecule has 1 aliphatic heterocycles. The summed E-state index contributed by atoms with van der Waals surface area (Å²) in [5, 5.41) is 12.8. The number of rotatable bonds is 8. The predicted octanol–water partition coefficient (Wildman–Crippen LogP) is 2.76. The standard InChI is InChI=1S/C23H21N3O6/c1-2-30-23(29)19-20(28)18(12-14-13-25-21-15(14)6-5-9-24-21)32-22(19)26-16-7-3-4-8-17(16)31-11-10-27/h3-9,12-13,26-27H,2,10-11H2,1H3,(H,24,25)/b18-12-. The number of fused-ring (bicyclic) bond motifs is 1. The third-order valence-electron chi connectivity index (χ3n) is 4.62. The first kappa shape index (κ1) is 21.1. The van der Waals surface area contributed by atoms with Gasteiger partial charge in [0.05, 0.1) is 18.9 Å². The maximum Gasteiger partial charge on any atom is 0.347 e. The number of ether oxygens (including phenoxy) is 3. The number of aromatic amines is 1. The number of anilines is 1. The molecule has 0 atom stereocenters. The van der Waals surface area contributed by atoms with Crippen LogP contribution in [0.3, 0.4) is 0 Å². The summed E-state index contributed by atoms with van der Waals surface area (Å²) >= 11 is 0. The highest BCUT2D eigenvalue weighted by Gasteiger charge is 2.37. The SMILES string of the molecule is CCOC(=O)C1=C(Nc2ccccc2OCCO)O/C(=C\c2c[nH]c3ncccc23)C1=O. The van der Waals surface area contributed by atoms with Crippen LogP contribution in [0.15, 0.2) is 66.0 Å². The number of carbonyl (C=O) groups excluding carboxylic acids is 2. The molecule has 0 unspecified atom stereocenters. The zero-order chi connectivity index (χ0) is 22.5. The van der Waals surface area contributed by atoms with E-state index >= 15 is 0 Å². The van der Waals surface area contributed by atoms with E-state index in [1.165, 1.54) is 0 Å². The smallest absolute Gasteiger partial charge is 0.347 e. The van der Waals surface area contributed by atoms with E-state index in [0.29, 0.717) is 22.6 Å². The van der Waals surface area contributed by atoms with Crippen LogP contribution >= 0.6 is 0 Å². The van der Waals surface area contributed by atoms with Gasteiger partial charge in [-0.05, 0) is 37.3 Å². The Morgan fingerprint density at radius 1 is 1.28 bits per heavy atom. The first-order chi connectivity index (χ1) is 15.6. The molecule has 2 aromatic heterocycles. The van der Waals surface area contributed by atoms with Crippen molar-refractivity contribution in [2.24, 2.45) is 0 Å². The van der Waals surface area contributed by atoms with Gasteiger partial charge in [0.2, 0.25) is 11.7 Å². The second-order valence-corrected chi connectivity index (χ2v) is 6.70. The van der Waals surface area contributed by atoms with Crippen molar-refractivity contribution >= 4 is 34.5 Å². The van der Waals surface area contributed by atoms with Crippen LogP contribution in [0.4, 0.5) is 5.69 Å². The number of nitrogens with one attached hydrogen (secondary N) is 2. The average Bonchev–Trinajstić information content (AvgIpc) is 3.34. The Morgan fingerprint density at radius 2 is 2.12 bits per heavy atom. The van der Waals surface area contributed by atoms with E-state index in [1.807, 2.05) is 6.07 Å². The first-order valence-electron chi connectivity index (χ1n) is 9.99. The fraction of sp³-hybridized carbons (Fsp3) is 0.174. The molecule has 164 valence electrons. The van der Waals surface area contributed by atoms with Gasteiger partial charge in [-0.15, -0.1) is 0 Å². The largest absolute Gasteiger partial charge is 0.489 e. The number of nitrogens with zero attached hydrogens (tertiary/aromatic N) is 1. The molecular weight excluding hydrogens is 414 g/mol. The lowest BCUT2D eigenvalue weighted by atomic mass is 10.1. The number of ketones is 1. The topological polar surface area (TPSA) is 123 Å². The molecule has 0 radical (unpaired) electrons. The van der Waals surface area contributed by atoms with Crippen LogP contribution in [0.5, 0.6) is 5.75 Å². The molecule has 0 fully saturated rings. The molecule has 0 saturated carbocycles. The molecule has 0 spiro atoms. The zero-order valence-corrected chi connectivity index (χ0v) is 17.3. The summed E-state index contributed by atoms with van der Waals surface area (Å²) in [6, 6.07) is 10.5. The van der Waals surface area contributed by atoms with E-state index in [2.05, 4.69) is 15.3 Å². The van der Waals surface area contributed by atoms with Crippen LogP contribution in [0.25, 0.3) is 17.1 Å². The van der Waals surface area contributed by atoms with Crippen LogP contribution in [-0.4, -0.2) is 46.6 Å². The van der Waals surface area contributed by atoms with Crippen molar-refractivity contribution < 1.29 is 28.9 Å². The molecule has 9 heteroatoms. The number of hydrogen-bond acceptors (Lipinski definition) is 8. The molecular formula is C23H21N3O6. The van der Waals surface area contributed by atoms with Crippen molar-refractivity contribution in [2.75, 3.05) is 25.1 Å². The quantitative estimate of drug-likeness (QED) is 0.280. The molecule has 32 heavy (non-hydrogen) atoms. The molecule has 1 aromatic carbocycles. The van der Waals surface area contributed by atoms with E-state index in [4.69, 9.17) is 19.3 Å². The number of pyridine rings is 1. The minimum absolute atomic E-state index is 0.0333. The summed E-state index contributed by atoms with van der Waals surface area (Å²) in [6.07, 6.45) is 4.91. The van der Waals surface area contributed by atoms with E-state index in [1.54, 1.807) is 55.7 Å². The summed E-state index contributed by atoms with van der Waals surface area (Å²) in [7, 11) is 0. The van der Waals surface area contributed by atoms with Crippen molar-refractivity contribution in [3.63, 3.8) is 0 Å². The normalized spacial score (nSPS) is 14.7.